The zero-order valence-electron chi connectivity index (χ0n) is 13.6. The van der Waals surface area contributed by atoms with E-state index in [0.29, 0.717) is 5.69 Å². The lowest BCUT2D eigenvalue weighted by Gasteiger charge is -2.16. The van der Waals surface area contributed by atoms with Gasteiger partial charge in [-0.25, -0.2) is 19.2 Å². The maximum absolute atomic E-state index is 13.1. The number of nitrogens with one attached hydrogen (secondary N) is 2. The fourth-order valence-electron chi connectivity index (χ4n) is 2.68. The maximum Gasteiger partial charge on any atom is 0.319 e. The first kappa shape index (κ1) is 16.2. The highest BCUT2D eigenvalue weighted by Gasteiger charge is 2.16. The number of carbonyl (C=O) groups is 1. The van der Waals surface area contributed by atoms with Gasteiger partial charge in [-0.3, -0.25) is 0 Å². The summed E-state index contributed by atoms with van der Waals surface area (Å²) in [5.41, 5.74) is 2.03. The van der Waals surface area contributed by atoms with Crippen LogP contribution in [0.15, 0.2) is 30.3 Å². The second kappa shape index (κ2) is 7.25. The van der Waals surface area contributed by atoms with Crippen LogP contribution >= 0.6 is 0 Å². The first-order valence-corrected chi connectivity index (χ1v) is 8.00. The summed E-state index contributed by atoms with van der Waals surface area (Å²) in [4.78, 5) is 23.1. The molecule has 126 valence electrons. The van der Waals surface area contributed by atoms with Crippen molar-refractivity contribution in [2.45, 2.75) is 26.3 Å². The Kier molecular flexibility index (Phi) is 4.88. The van der Waals surface area contributed by atoms with Gasteiger partial charge in [0.1, 0.15) is 5.82 Å². The minimum Gasteiger partial charge on any atom is -0.341 e. The van der Waals surface area contributed by atoms with E-state index in [-0.39, 0.29) is 6.54 Å². The van der Waals surface area contributed by atoms with Crippen LogP contribution in [0.2, 0.25) is 0 Å². The molecule has 6 nitrogen and oxygen atoms in total. The third kappa shape index (κ3) is 4.18. The molecular formula is C17H20FN5O. The molecule has 0 radical (unpaired) electrons. The fourth-order valence-corrected chi connectivity index (χ4v) is 2.68. The monoisotopic (exact) mass is 329 g/mol. The topological polar surface area (TPSA) is 70.2 Å². The Morgan fingerprint density at radius 3 is 2.79 bits per heavy atom. The van der Waals surface area contributed by atoms with Gasteiger partial charge in [-0.05, 0) is 44.0 Å². The predicted molar refractivity (Wildman–Crippen MR) is 90.5 cm³/mol. The molecule has 2 N–H and O–H groups in total. The Balaban J connectivity index is 1.60. The second-order valence-electron chi connectivity index (χ2n) is 5.81. The molecule has 0 spiro atoms. The van der Waals surface area contributed by atoms with Crippen LogP contribution in [-0.4, -0.2) is 29.1 Å². The number of rotatable bonds is 4. The Bertz CT molecular complexity index is 731. The summed E-state index contributed by atoms with van der Waals surface area (Å²) in [6.45, 7) is 4.13. The molecule has 0 atom stereocenters. The highest BCUT2D eigenvalue weighted by Crippen LogP contribution is 2.16. The molecular weight excluding hydrogens is 309 g/mol. The molecule has 3 rings (SSSR count). The molecule has 0 saturated carbocycles. The van der Waals surface area contributed by atoms with Gasteiger partial charge in [-0.15, -0.1) is 0 Å². The summed E-state index contributed by atoms with van der Waals surface area (Å²) in [7, 11) is 0. The van der Waals surface area contributed by atoms with Crippen LogP contribution in [0.1, 0.15) is 24.2 Å². The molecule has 2 heterocycles. The third-order valence-corrected chi connectivity index (χ3v) is 3.80. The van der Waals surface area contributed by atoms with Crippen LogP contribution in [0.25, 0.3) is 0 Å². The van der Waals surface area contributed by atoms with Crippen LogP contribution in [0.3, 0.4) is 0 Å². The SMILES string of the molecule is Cc1cc(CNC(=O)Nc2cccc(F)c2)nc(N2CCCC2)n1. The summed E-state index contributed by atoms with van der Waals surface area (Å²) < 4.78 is 13.1. The fraction of sp³-hybridized carbons (Fsp3) is 0.353. The number of anilines is 2. The first-order valence-electron chi connectivity index (χ1n) is 8.00. The van der Waals surface area contributed by atoms with E-state index in [1.165, 1.54) is 12.1 Å². The minimum absolute atomic E-state index is 0.283. The van der Waals surface area contributed by atoms with Crippen LogP contribution in [0, 0.1) is 12.7 Å². The molecule has 1 aromatic carbocycles. The highest BCUT2D eigenvalue weighted by atomic mass is 19.1. The van der Waals surface area contributed by atoms with Crippen molar-refractivity contribution in [3.63, 3.8) is 0 Å². The number of urea groups is 1. The van der Waals surface area contributed by atoms with E-state index >= 15 is 0 Å². The van der Waals surface area contributed by atoms with Gasteiger partial charge in [-0.2, -0.15) is 0 Å². The average Bonchev–Trinajstić information content (AvgIpc) is 3.07. The van der Waals surface area contributed by atoms with Gasteiger partial charge in [0.05, 0.1) is 12.2 Å². The van der Waals surface area contributed by atoms with E-state index in [1.54, 1.807) is 12.1 Å². The Morgan fingerprint density at radius 1 is 1.25 bits per heavy atom. The summed E-state index contributed by atoms with van der Waals surface area (Å²) in [6, 6.07) is 7.21. The van der Waals surface area contributed by atoms with Gasteiger partial charge in [0.15, 0.2) is 0 Å². The smallest absolute Gasteiger partial charge is 0.319 e. The van der Waals surface area contributed by atoms with E-state index in [4.69, 9.17) is 0 Å². The van der Waals surface area contributed by atoms with E-state index < -0.39 is 11.8 Å². The van der Waals surface area contributed by atoms with Gasteiger partial charge < -0.3 is 15.5 Å². The van der Waals surface area contributed by atoms with Crippen molar-refractivity contribution >= 4 is 17.7 Å². The maximum atomic E-state index is 13.1. The van der Waals surface area contributed by atoms with Crippen molar-refractivity contribution in [3.05, 3.63) is 47.5 Å². The number of nitrogens with zero attached hydrogens (tertiary/aromatic N) is 3. The number of hydrogen-bond donors (Lipinski definition) is 2. The molecule has 0 unspecified atom stereocenters. The lowest BCUT2D eigenvalue weighted by atomic mass is 10.3. The molecule has 0 aliphatic carbocycles. The third-order valence-electron chi connectivity index (χ3n) is 3.80. The lowest BCUT2D eigenvalue weighted by Crippen LogP contribution is -2.29. The standard InChI is InChI=1S/C17H20FN5O/c1-12-9-15(21-16(20-12)23-7-2-3-8-23)11-19-17(24)22-14-6-4-5-13(18)10-14/h4-6,9-10H,2-3,7-8,11H2,1H3,(H2,19,22,24). The predicted octanol–water partition coefficient (Wildman–Crippen LogP) is 2.85. The van der Waals surface area contributed by atoms with E-state index in [9.17, 15) is 9.18 Å². The molecule has 1 aromatic heterocycles. The van der Waals surface area contributed by atoms with Gasteiger partial charge in [0.25, 0.3) is 0 Å². The molecule has 0 bridgehead atoms. The zero-order valence-corrected chi connectivity index (χ0v) is 13.6. The number of hydrogen-bond acceptors (Lipinski definition) is 4. The molecule has 1 saturated heterocycles. The zero-order chi connectivity index (χ0) is 16.9. The van der Waals surface area contributed by atoms with Gasteiger partial charge in [-0.1, -0.05) is 6.07 Å². The van der Waals surface area contributed by atoms with Crippen molar-refractivity contribution in [3.8, 4) is 0 Å². The van der Waals surface area contributed by atoms with Crippen molar-refractivity contribution in [2.75, 3.05) is 23.3 Å². The van der Waals surface area contributed by atoms with Crippen LogP contribution < -0.4 is 15.5 Å². The number of amides is 2. The Morgan fingerprint density at radius 2 is 2.04 bits per heavy atom. The molecule has 1 aliphatic rings. The Hall–Kier alpha value is -2.70. The van der Waals surface area contributed by atoms with Crippen LogP contribution in [-0.2, 0) is 6.54 Å². The van der Waals surface area contributed by atoms with E-state index in [2.05, 4.69) is 25.5 Å². The van der Waals surface area contributed by atoms with Gasteiger partial charge in [0.2, 0.25) is 5.95 Å². The van der Waals surface area contributed by atoms with Crippen LogP contribution in [0.4, 0.5) is 20.8 Å². The lowest BCUT2D eigenvalue weighted by molar-refractivity contribution is 0.251. The van der Waals surface area contributed by atoms with Gasteiger partial charge in [0, 0.05) is 24.5 Å². The molecule has 7 heteroatoms. The quantitative estimate of drug-likeness (QED) is 0.905. The average molecular weight is 329 g/mol. The Labute approximate surface area is 140 Å². The number of aryl methyl sites for hydroxylation is 1. The normalized spacial score (nSPS) is 13.8. The number of benzene rings is 1. The second-order valence-corrected chi connectivity index (χ2v) is 5.81. The molecule has 2 amide bonds. The van der Waals surface area contributed by atoms with Crippen molar-refractivity contribution in [2.24, 2.45) is 0 Å². The molecule has 1 aliphatic heterocycles. The molecule has 1 fully saturated rings. The summed E-state index contributed by atoms with van der Waals surface area (Å²) in [6.07, 6.45) is 2.31. The molecule has 24 heavy (non-hydrogen) atoms. The van der Waals surface area contributed by atoms with E-state index in [0.717, 1.165) is 43.3 Å². The van der Waals surface area contributed by atoms with Gasteiger partial charge >= 0.3 is 6.03 Å². The largest absolute Gasteiger partial charge is 0.341 e. The number of carbonyl (C=O) groups excluding carboxylic acids is 1. The number of halogens is 1. The summed E-state index contributed by atoms with van der Waals surface area (Å²) >= 11 is 0. The molecule has 2 aromatic rings. The van der Waals surface area contributed by atoms with Crippen molar-refractivity contribution < 1.29 is 9.18 Å². The van der Waals surface area contributed by atoms with E-state index in [1.807, 2.05) is 13.0 Å². The first-order chi connectivity index (χ1) is 11.6. The van der Waals surface area contributed by atoms with Crippen molar-refractivity contribution in [1.82, 2.24) is 15.3 Å². The van der Waals surface area contributed by atoms with Crippen LogP contribution in [0.5, 0.6) is 0 Å². The number of aromatic nitrogens is 2. The van der Waals surface area contributed by atoms with Crippen molar-refractivity contribution in [1.29, 1.82) is 0 Å². The minimum atomic E-state index is -0.403. The summed E-state index contributed by atoms with van der Waals surface area (Å²) in [5.74, 6) is 0.323. The summed E-state index contributed by atoms with van der Waals surface area (Å²) in [5, 5.41) is 5.32. The highest BCUT2D eigenvalue weighted by molar-refractivity contribution is 5.89.